The Balaban J connectivity index is 2.79. The molecule has 1 aromatic carbocycles. The van der Waals surface area contributed by atoms with Crippen molar-refractivity contribution in [1.82, 2.24) is 0 Å². The van der Waals surface area contributed by atoms with E-state index in [4.69, 9.17) is 10.5 Å². The molecule has 4 nitrogen and oxygen atoms in total. The number of carbonyl (C=O) groups is 1. The van der Waals surface area contributed by atoms with E-state index in [1.165, 1.54) is 0 Å². The van der Waals surface area contributed by atoms with Crippen molar-refractivity contribution < 1.29 is 9.53 Å². The van der Waals surface area contributed by atoms with Crippen LogP contribution >= 0.6 is 0 Å². The number of benzene rings is 1. The van der Waals surface area contributed by atoms with Crippen molar-refractivity contribution in [3.8, 4) is 5.75 Å². The van der Waals surface area contributed by atoms with Gasteiger partial charge in [0.15, 0.2) is 0 Å². The summed E-state index contributed by atoms with van der Waals surface area (Å²) in [6.45, 7) is 8.49. The first-order valence-electron chi connectivity index (χ1n) is 6.64. The van der Waals surface area contributed by atoms with Gasteiger partial charge in [-0.15, -0.1) is 0 Å². The topological polar surface area (TPSA) is 64.3 Å². The average Bonchev–Trinajstić information content (AvgIpc) is 2.35. The molecule has 1 amide bonds. The van der Waals surface area contributed by atoms with E-state index in [1.807, 2.05) is 52.0 Å². The number of nitrogens with one attached hydrogen (secondary N) is 1. The van der Waals surface area contributed by atoms with Gasteiger partial charge in [0.2, 0.25) is 5.91 Å². The van der Waals surface area contributed by atoms with Crippen molar-refractivity contribution in [2.45, 2.75) is 40.2 Å². The maximum Gasteiger partial charge on any atom is 0.241 e. The molecule has 0 aromatic heterocycles. The number of hydrogen-bond donors (Lipinski definition) is 2. The lowest BCUT2D eigenvalue weighted by molar-refractivity contribution is -0.119. The molecule has 0 radical (unpaired) electrons. The number of hydrogen-bond acceptors (Lipinski definition) is 3. The van der Waals surface area contributed by atoms with E-state index in [0.717, 1.165) is 6.42 Å². The van der Waals surface area contributed by atoms with Crippen LogP contribution < -0.4 is 15.8 Å². The molecule has 0 aliphatic rings. The Labute approximate surface area is 115 Å². The third kappa shape index (κ3) is 4.56. The van der Waals surface area contributed by atoms with Crippen molar-refractivity contribution >= 4 is 11.6 Å². The quantitative estimate of drug-likeness (QED) is 0.859. The Morgan fingerprint density at radius 1 is 1.37 bits per heavy atom. The highest BCUT2D eigenvalue weighted by atomic mass is 16.5. The minimum atomic E-state index is -0.563. The van der Waals surface area contributed by atoms with Crippen LogP contribution in [0, 0.1) is 5.41 Å². The van der Waals surface area contributed by atoms with Crippen LogP contribution in [-0.4, -0.2) is 18.6 Å². The molecule has 106 valence electrons. The molecule has 0 saturated carbocycles. The summed E-state index contributed by atoms with van der Waals surface area (Å²) >= 11 is 0. The summed E-state index contributed by atoms with van der Waals surface area (Å²) in [5.41, 5.74) is 6.33. The minimum Gasteiger partial charge on any atom is -0.491 e. The minimum absolute atomic E-state index is 0.194. The SMILES string of the molecule is CCCOc1ccccc1NC(=O)[C@@H](N)C(C)(C)C. The normalized spacial score (nSPS) is 12.9. The molecular weight excluding hydrogens is 240 g/mol. The molecule has 19 heavy (non-hydrogen) atoms. The van der Waals surface area contributed by atoms with Gasteiger partial charge in [0.25, 0.3) is 0 Å². The number of para-hydroxylation sites is 2. The molecule has 0 spiro atoms. The maximum absolute atomic E-state index is 12.1. The first-order chi connectivity index (χ1) is 8.86. The summed E-state index contributed by atoms with van der Waals surface area (Å²) in [5, 5.41) is 2.84. The maximum atomic E-state index is 12.1. The smallest absolute Gasteiger partial charge is 0.241 e. The van der Waals surface area contributed by atoms with Crippen molar-refractivity contribution in [2.24, 2.45) is 11.1 Å². The van der Waals surface area contributed by atoms with E-state index in [1.54, 1.807) is 0 Å². The highest BCUT2D eigenvalue weighted by Gasteiger charge is 2.27. The second kappa shape index (κ2) is 6.57. The van der Waals surface area contributed by atoms with Crippen molar-refractivity contribution in [3.05, 3.63) is 24.3 Å². The van der Waals surface area contributed by atoms with Crippen LogP contribution in [0.2, 0.25) is 0 Å². The molecule has 0 aliphatic carbocycles. The molecular formula is C15H24N2O2. The summed E-state index contributed by atoms with van der Waals surface area (Å²) in [6.07, 6.45) is 0.920. The Morgan fingerprint density at radius 3 is 2.58 bits per heavy atom. The van der Waals surface area contributed by atoms with E-state index < -0.39 is 6.04 Å². The molecule has 1 rings (SSSR count). The van der Waals surface area contributed by atoms with Crippen molar-refractivity contribution in [2.75, 3.05) is 11.9 Å². The highest BCUT2D eigenvalue weighted by molar-refractivity contribution is 5.96. The molecule has 0 aliphatic heterocycles. The lowest BCUT2D eigenvalue weighted by Crippen LogP contribution is -2.45. The van der Waals surface area contributed by atoms with Gasteiger partial charge in [-0.1, -0.05) is 39.8 Å². The largest absolute Gasteiger partial charge is 0.491 e. The summed E-state index contributed by atoms with van der Waals surface area (Å²) in [6, 6.07) is 6.83. The van der Waals surface area contributed by atoms with Gasteiger partial charge in [-0.25, -0.2) is 0 Å². The zero-order valence-electron chi connectivity index (χ0n) is 12.2. The molecule has 0 saturated heterocycles. The van der Waals surface area contributed by atoms with Crippen LogP contribution in [0.3, 0.4) is 0 Å². The van der Waals surface area contributed by atoms with Crippen LogP contribution in [0.5, 0.6) is 5.75 Å². The van der Waals surface area contributed by atoms with E-state index >= 15 is 0 Å². The second-order valence-electron chi connectivity index (χ2n) is 5.68. The van der Waals surface area contributed by atoms with Gasteiger partial charge in [-0.2, -0.15) is 0 Å². The van der Waals surface area contributed by atoms with E-state index in [2.05, 4.69) is 5.32 Å². The Hall–Kier alpha value is -1.55. The van der Waals surface area contributed by atoms with Gasteiger partial charge in [-0.3, -0.25) is 4.79 Å². The first-order valence-corrected chi connectivity index (χ1v) is 6.64. The van der Waals surface area contributed by atoms with E-state index in [-0.39, 0.29) is 11.3 Å². The van der Waals surface area contributed by atoms with Gasteiger partial charge < -0.3 is 15.8 Å². The van der Waals surface area contributed by atoms with Crippen LogP contribution in [-0.2, 0) is 4.79 Å². The molecule has 1 aromatic rings. The monoisotopic (exact) mass is 264 g/mol. The van der Waals surface area contributed by atoms with E-state index in [9.17, 15) is 4.79 Å². The lowest BCUT2D eigenvalue weighted by atomic mass is 9.87. The van der Waals surface area contributed by atoms with Crippen molar-refractivity contribution in [3.63, 3.8) is 0 Å². The highest BCUT2D eigenvalue weighted by Crippen LogP contribution is 2.25. The first kappa shape index (κ1) is 15.5. The molecule has 0 bridgehead atoms. The zero-order valence-corrected chi connectivity index (χ0v) is 12.2. The van der Waals surface area contributed by atoms with Gasteiger partial charge in [0.1, 0.15) is 5.75 Å². The molecule has 3 N–H and O–H groups in total. The van der Waals surface area contributed by atoms with Gasteiger partial charge in [0, 0.05) is 0 Å². The van der Waals surface area contributed by atoms with Crippen LogP contribution in [0.4, 0.5) is 5.69 Å². The fourth-order valence-corrected chi connectivity index (χ4v) is 1.51. The van der Waals surface area contributed by atoms with E-state index in [0.29, 0.717) is 18.0 Å². The number of nitrogens with two attached hydrogens (primary N) is 1. The van der Waals surface area contributed by atoms with Crippen LogP contribution in [0.15, 0.2) is 24.3 Å². The Bertz CT molecular complexity index is 424. The fraction of sp³-hybridized carbons (Fsp3) is 0.533. The second-order valence-corrected chi connectivity index (χ2v) is 5.68. The average molecular weight is 264 g/mol. The Kier molecular flexibility index (Phi) is 5.36. The Morgan fingerprint density at radius 2 is 2.00 bits per heavy atom. The van der Waals surface area contributed by atoms with Crippen LogP contribution in [0.1, 0.15) is 34.1 Å². The molecule has 0 fully saturated rings. The summed E-state index contributed by atoms with van der Waals surface area (Å²) in [4.78, 5) is 12.1. The van der Waals surface area contributed by atoms with Crippen molar-refractivity contribution in [1.29, 1.82) is 0 Å². The number of ether oxygens (including phenoxy) is 1. The van der Waals surface area contributed by atoms with Gasteiger partial charge in [-0.05, 0) is 24.0 Å². The van der Waals surface area contributed by atoms with Gasteiger partial charge >= 0.3 is 0 Å². The number of carbonyl (C=O) groups excluding carboxylic acids is 1. The third-order valence-corrected chi connectivity index (χ3v) is 2.82. The number of amides is 1. The standard InChI is InChI=1S/C15H24N2O2/c1-5-10-19-12-9-7-6-8-11(12)17-14(18)13(16)15(2,3)4/h6-9,13H,5,10,16H2,1-4H3,(H,17,18)/t13-/m1/s1. The molecule has 0 unspecified atom stereocenters. The summed E-state index contributed by atoms with van der Waals surface area (Å²) in [7, 11) is 0. The fourth-order valence-electron chi connectivity index (χ4n) is 1.51. The predicted molar refractivity (Wildman–Crippen MR) is 78.3 cm³/mol. The zero-order chi connectivity index (χ0) is 14.5. The lowest BCUT2D eigenvalue weighted by Gasteiger charge is -2.26. The van der Waals surface area contributed by atoms with Gasteiger partial charge in [0.05, 0.1) is 18.3 Å². The van der Waals surface area contributed by atoms with Crippen LogP contribution in [0.25, 0.3) is 0 Å². The molecule has 4 heteroatoms. The molecule has 0 heterocycles. The molecule has 1 atom stereocenters. The third-order valence-electron chi connectivity index (χ3n) is 2.82. The predicted octanol–water partition coefficient (Wildman–Crippen LogP) is 2.79. The summed E-state index contributed by atoms with van der Waals surface area (Å²) in [5.74, 6) is 0.485. The number of rotatable bonds is 5. The number of anilines is 1. The summed E-state index contributed by atoms with van der Waals surface area (Å²) < 4.78 is 5.60.